The van der Waals surface area contributed by atoms with E-state index < -0.39 is 0 Å². The van der Waals surface area contributed by atoms with E-state index in [2.05, 4.69) is 27.4 Å². The van der Waals surface area contributed by atoms with Crippen molar-refractivity contribution in [2.45, 2.75) is 32.7 Å². The third kappa shape index (κ3) is 3.08. The summed E-state index contributed by atoms with van der Waals surface area (Å²) in [6.45, 7) is 4.05. The van der Waals surface area contributed by atoms with Crippen molar-refractivity contribution in [3.05, 3.63) is 50.7 Å². The van der Waals surface area contributed by atoms with Crippen LogP contribution in [0.25, 0.3) is 0 Å². The lowest BCUT2D eigenvalue weighted by molar-refractivity contribution is 0.0921. The standard InChI is InChI=1S/C17H17BrClNO2/c1-10-7-14(11(2)20(10)13-4-5-13)16(21)9-22-17-6-3-12(18)8-15(17)19/h3,6-8,13H,4-5,9H2,1-2H3. The second-order valence-electron chi connectivity index (χ2n) is 5.67. The van der Waals surface area contributed by atoms with Crippen LogP contribution in [0.5, 0.6) is 5.75 Å². The minimum absolute atomic E-state index is 0.00366. The maximum atomic E-state index is 12.4. The summed E-state index contributed by atoms with van der Waals surface area (Å²) in [6, 6.07) is 7.88. The van der Waals surface area contributed by atoms with E-state index in [-0.39, 0.29) is 12.4 Å². The number of carbonyl (C=O) groups is 1. The van der Waals surface area contributed by atoms with Gasteiger partial charge in [-0.25, -0.2) is 0 Å². The summed E-state index contributed by atoms with van der Waals surface area (Å²) in [6.07, 6.45) is 2.41. The van der Waals surface area contributed by atoms with E-state index in [4.69, 9.17) is 16.3 Å². The second kappa shape index (κ2) is 6.09. The average Bonchev–Trinajstić information content (AvgIpc) is 3.24. The molecule has 0 aliphatic heterocycles. The number of ether oxygens (including phenoxy) is 1. The molecule has 0 spiro atoms. The molecule has 0 N–H and O–H groups in total. The summed E-state index contributed by atoms with van der Waals surface area (Å²) >= 11 is 9.44. The lowest BCUT2D eigenvalue weighted by Gasteiger charge is -2.09. The molecule has 1 aliphatic rings. The van der Waals surface area contributed by atoms with Crippen molar-refractivity contribution < 1.29 is 9.53 Å². The number of hydrogen-bond donors (Lipinski definition) is 0. The Morgan fingerprint density at radius 1 is 1.36 bits per heavy atom. The van der Waals surface area contributed by atoms with Crippen LogP contribution in [0.15, 0.2) is 28.7 Å². The molecule has 3 nitrogen and oxygen atoms in total. The maximum absolute atomic E-state index is 12.4. The molecule has 1 fully saturated rings. The minimum atomic E-state index is -0.0148. The molecule has 116 valence electrons. The van der Waals surface area contributed by atoms with Gasteiger partial charge in [0.15, 0.2) is 6.61 Å². The maximum Gasteiger partial charge on any atom is 0.202 e. The number of halogens is 2. The number of ketones is 1. The zero-order chi connectivity index (χ0) is 15.9. The molecule has 1 aromatic carbocycles. The zero-order valence-corrected chi connectivity index (χ0v) is 14.9. The Kier molecular flexibility index (Phi) is 4.33. The van der Waals surface area contributed by atoms with Gasteiger partial charge >= 0.3 is 0 Å². The number of rotatable bonds is 5. The van der Waals surface area contributed by atoms with E-state index in [0.29, 0.717) is 16.8 Å². The summed E-state index contributed by atoms with van der Waals surface area (Å²) < 4.78 is 8.72. The van der Waals surface area contributed by atoms with Crippen molar-refractivity contribution >= 4 is 33.3 Å². The number of Topliss-reactive ketones (excluding diaryl/α,β-unsaturated/α-hetero) is 1. The molecule has 1 saturated carbocycles. The fraction of sp³-hybridized carbons (Fsp3) is 0.353. The van der Waals surface area contributed by atoms with Crippen molar-refractivity contribution in [1.82, 2.24) is 4.57 Å². The van der Waals surface area contributed by atoms with Gasteiger partial charge in [0, 0.05) is 27.5 Å². The van der Waals surface area contributed by atoms with Gasteiger partial charge in [0.2, 0.25) is 5.78 Å². The van der Waals surface area contributed by atoms with Crippen LogP contribution in [0.1, 0.15) is 40.6 Å². The predicted octanol–water partition coefficient (Wildman–Crippen LogP) is 5.12. The Hall–Kier alpha value is -1.26. The molecule has 0 bridgehead atoms. The summed E-state index contributed by atoms with van der Waals surface area (Å²) in [4.78, 5) is 12.4. The number of aromatic nitrogens is 1. The Morgan fingerprint density at radius 2 is 2.09 bits per heavy atom. The highest BCUT2D eigenvalue weighted by Crippen LogP contribution is 2.38. The number of carbonyl (C=O) groups excluding carboxylic acids is 1. The molecular weight excluding hydrogens is 366 g/mol. The Balaban J connectivity index is 1.73. The highest BCUT2D eigenvalue weighted by atomic mass is 79.9. The van der Waals surface area contributed by atoms with Crippen molar-refractivity contribution in [3.63, 3.8) is 0 Å². The second-order valence-corrected chi connectivity index (χ2v) is 7.00. The fourth-order valence-electron chi connectivity index (χ4n) is 2.77. The monoisotopic (exact) mass is 381 g/mol. The van der Waals surface area contributed by atoms with Gasteiger partial charge in [0.1, 0.15) is 5.75 Å². The molecule has 5 heteroatoms. The first kappa shape index (κ1) is 15.6. The highest BCUT2D eigenvalue weighted by molar-refractivity contribution is 9.10. The Morgan fingerprint density at radius 3 is 2.73 bits per heavy atom. The van der Waals surface area contributed by atoms with Gasteiger partial charge in [-0.15, -0.1) is 0 Å². The van der Waals surface area contributed by atoms with Crippen LogP contribution in [-0.2, 0) is 0 Å². The first-order chi connectivity index (χ1) is 10.5. The van der Waals surface area contributed by atoms with Crippen LogP contribution < -0.4 is 4.74 Å². The first-order valence-electron chi connectivity index (χ1n) is 7.27. The van der Waals surface area contributed by atoms with Crippen LogP contribution in [0.2, 0.25) is 5.02 Å². The lowest BCUT2D eigenvalue weighted by Crippen LogP contribution is -2.13. The lowest BCUT2D eigenvalue weighted by atomic mass is 10.1. The first-order valence-corrected chi connectivity index (χ1v) is 8.44. The van der Waals surface area contributed by atoms with E-state index in [1.54, 1.807) is 12.1 Å². The summed E-state index contributed by atoms with van der Waals surface area (Å²) in [5.41, 5.74) is 2.93. The summed E-state index contributed by atoms with van der Waals surface area (Å²) in [7, 11) is 0. The molecule has 0 atom stereocenters. The molecule has 0 radical (unpaired) electrons. The summed E-state index contributed by atoms with van der Waals surface area (Å²) in [5, 5.41) is 0.491. The molecule has 1 aliphatic carbocycles. The van der Waals surface area contributed by atoms with Gasteiger partial charge in [-0.3, -0.25) is 4.79 Å². The minimum Gasteiger partial charge on any atom is -0.484 e. The Bertz CT molecular complexity index is 735. The molecule has 1 heterocycles. The molecule has 0 unspecified atom stereocenters. The Labute approximate surface area is 143 Å². The summed E-state index contributed by atoms with van der Waals surface area (Å²) in [5.74, 6) is 0.508. The van der Waals surface area contributed by atoms with Crippen molar-refractivity contribution in [3.8, 4) is 5.75 Å². The molecule has 0 saturated heterocycles. The van der Waals surface area contributed by atoms with E-state index in [9.17, 15) is 4.79 Å². The number of benzene rings is 1. The number of aryl methyl sites for hydroxylation is 1. The third-order valence-corrected chi connectivity index (χ3v) is 4.74. The van der Waals surface area contributed by atoms with E-state index in [0.717, 1.165) is 21.4 Å². The van der Waals surface area contributed by atoms with Crippen LogP contribution in [0.3, 0.4) is 0 Å². The predicted molar refractivity (Wildman–Crippen MR) is 91.2 cm³/mol. The topological polar surface area (TPSA) is 31.2 Å². The average molecular weight is 383 g/mol. The van der Waals surface area contributed by atoms with Gasteiger partial charge in [0.05, 0.1) is 5.02 Å². The molecule has 22 heavy (non-hydrogen) atoms. The molecule has 0 amide bonds. The zero-order valence-electron chi connectivity index (χ0n) is 12.5. The molecule has 3 rings (SSSR count). The van der Waals surface area contributed by atoms with Crippen LogP contribution in [0.4, 0.5) is 0 Å². The van der Waals surface area contributed by atoms with Gasteiger partial charge in [-0.1, -0.05) is 27.5 Å². The van der Waals surface area contributed by atoms with Crippen molar-refractivity contribution in [1.29, 1.82) is 0 Å². The largest absolute Gasteiger partial charge is 0.484 e. The van der Waals surface area contributed by atoms with Crippen LogP contribution in [0, 0.1) is 13.8 Å². The third-order valence-electron chi connectivity index (χ3n) is 3.95. The van der Waals surface area contributed by atoms with Gasteiger partial charge in [-0.2, -0.15) is 0 Å². The molecule has 2 aromatic rings. The number of hydrogen-bond acceptors (Lipinski definition) is 2. The van der Waals surface area contributed by atoms with Crippen molar-refractivity contribution in [2.75, 3.05) is 6.61 Å². The smallest absolute Gasteiger partial charge is 0.202 e. The fourth-order valence-corrected chi connectivity index (χ4v) is 3.50. The quantitative estimate of drug-likeness (QED) is 0.672. The van der Waals surface area contributed by atoms with Gasteiger partial charge < -0.3 is 9.30 Å². The van der Waals surface area contributed by atoms with Gasteiger partial charge in [0.25, 0.3) is 0 Å². The van der Waals surface area contributed by atoms with Crippen LogP contribution >= 0.6 is 27.5 Å². The normalized spacial score (nSPS) is 14.2. The van der Waals surface area contributed by atoms with Crippen LogP contribution in [-0.4, -0.2) is 17.0 Å². The van der Waals surface area contributed by atoms with E-state index in [1.165, 1.54) is 12.8 Å². The SMILES string of the molecule is Cc1cc(C(=O)COc2ccc(Br)cc2Cl)c(C)n1C1CC1. The van der Waals surface area contributed by atoms with E-state index in [1.807, 2.05) is 19.1 Å². The molecular formula is C17H17BrClNO2. The number of nitrogens with zero attached hydrogens (tertiary/aromatic N) is 1. The van der Waals surface area contributed by atoms with Gasteiger partial charge in [-0.05, 0) is 51.0 Å². The van der Waals surface area contributed by atoms with Crippen molar-refractivity contribution in [2.24, 2.45) is 0 Å². The molecule has 1 aromatic heterocycles. The van der Waals surface area contributed by atoms with E-state index >= 15 is 0 Å². The highest BCUT2D eigenvalue weighted by Gasteiger charge is 2.28.